The standard InChI is InChI=1S/C14H17BrF3N/c1-9(11-4-5-11)19(2)13-6-3-10(8-15)7-12(13)14(16,17)18/h3,6-7,9,11H,4-5,8H2,1-2H3. The van der Waals surface area contributed by atoms with Gasteiger partial charge in [-0.1, -0.05) is 22.0 Å². The van der Waals surface area contributed by atoms with E-state index in [0.29, 0.717) is 16.8 Å². The highest BCUT2D eigenvalue weighted by Gasteiger charge is 2.37. The van der Waals surface area contributed by atoms with Crippen LogP contribution in [0, 0.1) is 5.92 Å². The van der Waals surface area contributed by atoms with Crippen LogP contribution in [0.15, 0.2) is 18.2 Å². The molecule has 5 heteroatoms. The van der Waals surface area contributed by atoms with Crippen LogP contribution in [0.2, 0.25) is 0 Å². The zero-order valence-corrected chi connectivity index (χ0v) is 12.6. The fourth-order valence-electron chi connectivity index (χ4n) is 2.32. The number of hydrogen-bond acceptors (Lipinski definition) is 1. The second-order valence-electron chi connectivity index (χ2n) is 5.17. The molecule has 0 aliphatic heterocycles. The van der Waals surface area contributed by atoms with Gasteiger partial charge >= 0.3 is 6.18 Å². The van der Waals surface area contributed by atoms with Crippen molar-refractivity contribution in [2.45, 2.75) is 37.3 Å². The summed E-state index contributed by atoms with van der Waals surface area (Å²) in [4.78, 5) is 1.76. The van der Waals surface area contributed by atoms with Gasteiger partial charge in [0.05, 0.1) is 5.56 Å². The third kappa shape index (κ3) is 3.25. The maximum Gasteiger partial charge on any atom is 0.418 e. The maximum absolute atomic E-state index is 13.2. The Morgan fingerprint density at radius 1 is 1.37 bits per heavy atom. The molecule has 0 N–H and O–H groups in total. The zero-order valence-electron chi connectivity index (χ0n) is 11.0. The summed E-state index contributed by atoms with van der Waals surface area (Å²) in [5, 5.41) is 0.429. The summed E-state index contributed by atoms with van der Waals surface area (Å²) in [5.74, 6) is 0.530. The maximum atomic E-state index is 13.2. The molecule has 1 unspecified atom stereocenters. The number of rotatable bonds is 4. The smallest absolute Gasteiger partial charge is 0.371 e. The molecule has 19 heavy (non-hydrogen) atoms. The summed E-state index contributed by atoms with van der Waals surface area (Å²) < 4.78 is 39.5. The minimum absolute atomic E-state index is 0.149. The van der Waals surface area contributed by atoms with Crippen molar-refractivity contribution in [3.8, 4) is 0 Å². The van der Waals surface area contributed by atoms with E-state index in [1.165, 1.54) is 6.07 Å². The molecule has 0 aromatic heterocycles. The molecule has 2 rings (SSSR count). The molecule has 1 nitrogen and oxygen atoms in total. The van der Waals surface area contributed by atoms with Crippen LogP contribution in [0.5, 0.6) is 0 Å². The Labute approximate surface area is 119 Å². The van der Waals surface area contributed by atoms with E-state index in [1.807, 2.05) is 6.92 Å². The molecule has 1 aromatic carbocycles. The van der Waals surface area contributed by atoms with E-state index in [9.17, 15) is 13.2 Å². The summed E-state index contributed by atoms with van der Waals surface area (Å²) in [5.41, 5.74) is 0.375. The second kappa shape index (κ2) is 5.35. The molecule has 106 valence electrons. The first-order valence-electron chi connectivity index (χ1n) is 6.33. The van der Waals surface area contributed by atoms with E-state index in [4.69, 9.17) is 0 Å². The SMILES string of the molecule is CC(C1CC1)N(C)c1ccc(CBr)cc1C(F)(F)F. The van der Waals surface area contributed by atoms with Gasteiger partial charge < -0.3 is 4.90 Å². The van der Waals surface area contributed by atoms with Gasteiger partial charge in [-0.2, -0.15) is 13.2 Å². The van der Waals surface area contributed by atoms with Gasteiger partial charge in [-0.3, -0.25) is 0 Å². The van der Waals surface area contributed by atoms with Crippen LogP contribution in [-0.4, -0.2) is 13.1 Å². The van der Waals surface area contributed by atoms with Crippen molar-refractivity contribution in [2.24, 2.45) is 5.92 Å². The number of benzene rings is 1. The molecule has 1 atom stereocenters. The first-order chi connectivity index (χ1) is 8.84. The third-order valence-corrected chi connectivity index (χ3v) is 4.46. The van der Waals surface area contributed by atoms with Gasteiger partial charge in [0.1, 0.15) is 0 Å². The number of alkyl halides is 4. The van der Waals surface area contributed by atoms with E-state index in [-0.39, 0.29) is 11.7 Å². The number of halogens is 4. The predicted octanol–water partition coefficient (Wildman–Crippen LogP) is 4.84. The van der Waals surface area contributed by atoms with Crippen LogP contribution < -0.4 is 4.90 Å². The molecule has 1 aliphatic carbocycles. The topological polar surface area (TPSA) is 3.24 Å². The van der Waals surface area contributed by atoms with Crippen LogP contribution in [-0.2, 0) is 11.5 Å². The zero-order chi connectivity index (χ0) is 14.2. The third-order valence-electron chi connectivity index (χ3n) is 3.82. The van der Waals surface area contributed by atoms with Crippen LogP contribution in [0.4, 0.5) is 18.9 Å². The predicted molar refractivity (Wildman–Crippen MR) is 74.7 cm³/mol. The Morgan fingerprint density at radius 2 is 2.00 bits per heavy atom. The number of nitrogens with zero attached hydrogens (tertiary/aromatic N) is 1. The van der Waals surface area contributed by atoms with Gasteiger partial charge in [-0.25, -0.2) is 0 Å². The lowest BCUT2D eigenvalue weighted by Gasteiger charge is -2.30. The molecular weight excluding hydrogens is 319 g/mol. The fourth-order valence-corrected chi connectivity index (χ4v) is 2.66. The van der Waals surface area contributed by atoms with Gasteiger partial charge in [-0.15, -0.1) is 0 Å². The van der Waals surface area contributed by atoms with Gasteiger partial charge in [0.25, 0.3) is 0 Å². The molecule has 0 bridgehead atoms. The molecular formula is C14H17BrF3N. The second-order valence-corrected chi connectivity index (χ2v) is 5.73. The van der Waals surface area contributed by atoms with Crippen LogP contribution >= 0.6 is 15.9 Å². The lowest BCUT2D eigenvalue weighted by atomic mass is 10.1. The summed E-state index contributed by atoms with van der Waals surface area (Å²) in [6.07, 6.45) is -2.08. The summed E-state index contributed by atoms with van der Waals surface area (Å²) >= 11 is 3.20. The number of hydrogen-bond donors (Lipinski definition) is 0. The monoisotopic (exact) mass is 335 g/mol. The average Bonchev–Trinajstić information content (AvgIpc) is 3.19. The quantitative estimate of drug-likeness (QED) is 0.712. The summed E-state index contributed by atoms with van der Waals surface area (Å²) in [6, 6.07) is 4.71. The molecule has 1 saturated carbocycles. The highest BCUT2D eigenvalue weighted by atomic mass is 79.9. The van der Waals surface area contributed by atoms with Crippen LogP contribution in [0.25, 0.3) is 0 Å². The van der Waals surface area contributed by atoms with Crippen molar-refractivity contribution in [2.75, 3.05) is 11.9 Å². The van der Waals surface area contributed by atoms with E-state index >= 15 is 0 Å². The fraction of sp³-hybridized carbons (Fsp3) is 0.571. The van der Waals surface area contributed by atoms with Crippen molar-refractivity contribution < 1.29 is 13.2 Å². The van der Waals surface area contributed by atoms with E-state index < -0.39 is 11.7 Å². The van der Waals surface area contributed by atoms with Crippen molar-refractivity contribution in [3.05, 3.63) is 29.3 Å². The average molecular weight is 336 g/mol. The van der Waals surface area contributed by atoms with Crippen molar-refractivity contribution in [1.82, 2.24) is 0 Å². The number of anilines is 1. The van der Waals surface area contributed by atoms with Crippen molar-refractivity contribution >= 4 is 21.6 Å². The Kier molecular flexibility index (Phi) is 4.14. The summed E-state index contributed by atoms with van der Waals surface area (Å²) in [7, 11) is 1.75. The van der Waals surface area contributed by atoms with Crippen LogP contribution in [0.1, 0.15) is 30.9 Å². The van der Waals surface area contributed by atoms with E-state index in [0.717, 1.165) is 12.8 Å². The molecule has 0 heterocycles. The van der Waals surface area contributed by atoms with E-state index in [1.54, 1.807) is 24.1 Å². The lowest BCUT2D eigenvalue weighted by Crippen LogP contribution is -2.32. The molecule has 0 spiro atoms. The minimum Gasteiger partial charge on any atom is -0.371 e. The molecule has 0 saturated heterocycles. The highest BCUT2D eigenvalue weighted by molar-refractivity contribution is 9.08. The molecule has 0 amide bonds. The molecule has 0 radical (unpaired) electrons. The van der Waals surface area contributed by atoms with Gasteiger partial charge in [0, 0.05) is 24.1 Å². The van der Waals surface area contributed by atoms with Gasteiger partial charge in [0.15, 0.2) is 0 Å². The van der Waals surface area contributed by atoms with Crippen LogP contribution in [0.3, 0.4) is 0 Å². The summed E-state index contributed by atoms with van der Waals surface area (Å²) in [6.45, 7) is 2.00. The lowest BCUT2D eigenvalue weighted by molar-refractivity contribution is -0.137. The van der Waals surface area contributed by atoms with Gasteiger partial charge in [-0.05, 0) is 43.4 Å². The first-order valence-corrected chi connectivity index (χ1v) is 7.45. The Bertz CT molecular complexity index is 454. The first kappa shape index (κ1) is 14.7. The van der Waals surface area contributed by atoms with Crippen molar-refractivity contribution in [1.29, 1.82) is 0 Å². The highest BCUT2D eigenvalue weighted by Crippen LogP contribution is 2.41. The largest absolute Gasteiger partial charge is 0.418 e. The normalized spacial score (nSPS) is 17.4. The molecule has 1 fully saturated rings. The Balaban J connectivity index is 2.37. The van der Waals surface area contributed by atoms with E-state index in [2.05, 4.69) is 15.9 Å². The Morgan fingerprint density at radius 3 is 2.47 bits per heavy atom. The molecule has 1 aromatic rings. The minimum atomic E-state index is -4.31. The molecule has 1 aliphatic rings. The van der Waals surface area contributed by atoms with Crippen molar-refractivity contribution in [3.63, 3.8) is 0 Å². The van der Waals surface area contributed by atoms with Gasteiger partial charge in [0.2, 0.25) is 0 Å². The Hall–Kier alpha value is -0.710.